The fourth-order valence-electron chi connectivity index (χ4n) is 5.71. The quantitative estimate of drug-likeness (QED) is 0.195. The number of benzene rings is 2. The van der Waals surface area contributed by atoms with Crippen molar-refractivity contribution in [2.24, 2.45) is 0 Å². The number of carbonyl (C=O) groups is 2. The largest absolute Gasteiger partial charge is 0.468 e. The highest BCUT2D eigenvalue weighted by Gasteiger charge is 2.40. The molecule has 0 N–H and O–H groups in total. The third-order valence-electron chi connectivity index (χ3n) is 7.75. The van der Waals surface area contributed by atoms with Gasteiger partial charge in [-0.15, -0.1) is 11.6 Å². The van der Waals surface area contributed by atoms with Gasteiger partial charge in [0.2, 0.25) is 0 Å². The third-order valence-corrected chi connectivity index (χ3v) is 8.07. The number of alkyl halides is 4. The van der Waals surface area contributed by atoms with E-state index in [-0.39, 0.29) is 42.9 Å². The highest BCUT2D eigenvalue weighted by atomic mass is 35.5. The smallest absolute Gasteiger partial charge is 0.416 e. The summed E-state index contributed by atoms with van der Waals surface area (Å²) in [7, 11) is 1.21. The second kappa shape index (κ2) is 11.8. The van der Waals surface area contributed by atoms with E-state index in [1.165, 1.54) is 41.0 Å². The van der Waals surface area contributed by atoms with E-state index in [1.54, 1.807) is 17.2 Å². The molecule has 0 radical (unpaired) electrons. The second-order valence-corrected chi connectivity index (χ2v) is 11.0. The molecule has 2 aliphatic heterocycles. The summed E-state index contributed by atoms with van der Waals surface area (Å²) in [6.45, 7) is 2.63. The first-order valence-electron chi connectivity index (χ1n) is 13.5. The molecule has 0 saturated carbocycles. The molecule has 0 bridgehead atoms. The van der Waals surface area contributed by atoms with E-state index in [4.69, 9.17) is 11.6 Å². The minimum atomic E-state index is -4.61. The summed E-state index contributed by atoms with van der Waals surface area (Å²) in [5.74, 6) is -0.754. The number of hydrogen-bond acceptors (Lipinski definition) is 5. The van der Waals surface area contributed by atoms with Crippen LogP contribution in [0.4, 0.5) is 33.9 Å². The average molecular weight is 608 g/mol. The van der Waals surface area contributed by atoms with Crippen LogP contribution >= 0.6 is 11.6 Å². The van der Waals surface area contributed by atoms with E-state index in [1.807, 2.05) is 17.9 Å². The monoisotopic (exact) mass is 607 g/mol. The van der Waals surface area contributed by atoms with Gasteiger partial charge in [-0.3, -0.25) is 14.4 Å². The SMILES string of the molecule is COC(=O)C(Cl)Cn1cc2c(n1)N(Cc1ccccc1C(F)(F)F)C(=O)N(C1CCN(c3c(C)cccc3F)CC1)C2. The van der Waals surface area contributed by atoms with Crippen molar-refractivity contribution in [3.63, 3.8) is 0 Å². The van der Waals surface area contributed by atoms with Gasteiger partial charge >= 0.3 is 18.2 Å². The summed E-state index contributed by atoms with van der Waals surface area (Å²) in [5.41, 5.74) is 1.06. The zero-order chi connectivity index (χ0) is 30.2. The molecule has 2 amide bonds. The maximum atomic E-state index is 14.6. The molecule has 3 aromatic rings. The molecule has 1 fully saturated rings. The third kappa shape index (κ3) is 5.90. The summed E-state index contributed by atoms with van der Waals surface area (Å²) in [6.07, 6.45) is -1.88. The minimum absolute atomic E-state index is 0.0528. The standard InChI is InChI=1S/C29H30ClF4N5O3/c1-18-6-5-9-24(31)25(18)36-12-10-21(11-13-36)38-16-20-14-37(17-23(30)27(40)42-2)35-26(20)39(28(38)41)15-19-7-3-4-8-22(19)29(32,33)34/h3-9,14,21,23H,10-13,15-17H2,1-2H3. The number of methoxy groups -OCH3 is 1. The van der Waals surface area contributed by atoms with Crippen LogP contribution in [0, 0.1) is 12.7 Å². The molecular weight excluding hydrogens is 578 g/mol. The Balaban J connectivity index is 1.43. The molecule has 2 aliphatic rings. The normalized spacial score (nSPS) is 16.9. The summed E-state index contributed by atoms with van der Waals surface area (Å²) < 4.78 is 62.2. The van der Waals surface area contributed by atoms with Gasteiger partial charge in [-0.2, -0.15) is 18.3 Å². The topological polar surface area (TPSA) is 70.9 Å². The summed E-state index contributed by atoms with van der Waals surface area (Å²) >= 11 is 6.15. The van der Waals surface area contributed by atoms with Gasteiger partial charge in [-0.1, -0.05) is 30.3 Å². The van der Waals surface area contributed by atoms with Gasteiger partial charge in [-0.05, 0) is 43.0 Å². The molecule has 13 heteroatoms. The number of para-hydroxylation sites is 1. The Morgan fingerprint density at radius 1 is 1.14 bits per heavy atom. The number of ether oxygens (including phenoxy) is 1. The van der Waals surface area contributed by atoms with E-state index in [0.29, 0.717) is 37.2 Å². The van der Waals surface area contributed by atoms with Gasteiger partial charge in [0, 0.05) is 30.9 Å². The van der Waals surface area contributed by atoms with E-state index in [9.17, 15) is 27.2 Å². The number of amides is 2. The summed E-state index contributed by atoms with van der Waals surface area (Å²) in [4.78, 5) is 30.7. The van der Waals surface area contributed by atoms with E-state index in [2.05, 4.69) is 9.84 Å². The van der Waals surface area contributed by atoms with Crippen LogP contribution in [-0.4, -0.2) is 58.3 Å². The lowest BCUT2D eigenvalue weighted by atomic mass is 10.00. The number of anilines is 2. The van der Waals surface area contributed by atoms with Crippen molar-refractivity contribution in [1.82, 2.24) is 14.7 Å². The van der Waals surface area contributed by atoms with E-state index >= 15 is 0 Å². The maximum absolute atomic E-state index is 14.6. The molecule has 1 aromatic heterocycles. The maximum Gasteiger partial charge on any atom is 0.416 e. The predicted molar refractivity (Wildman–Crippen MR) is 149 cm³/mol. The second-order valence-electron chi connectivity index (χ2n) is 10.5. The van der Waals surface area contributed by atoms with Crippen molar-refractivity contribution >= 4 is 35.1 Å². The highest BCUT2D eigenvalue weighted by Crippen LogP contribution is 2.37. The minimum Gasteiger partial charge on any atom is -0.468 e. The predicted octanol–water partition coefficient (Wildman–Crippen LogP) is 5.74. The molecule has 8 nitrogen and oxygen atoms in total. The van der Waals surface area contributed by atoms with Gasteiger partial charge < -0.3 is 14.5 Å². The van der Waals surface area contributed by atoms with Crippen molar-refractivity contribution < 1.29 is 31.9 Å². The molecule has 224 valence electrons. The number of carbonyl (C=O) groups excluding carboxylic acids is 2. The number of aromatic nitrogens is 2. The fourth-order valence-corrected chi connectivity index (χ4v) is 5.94. The van der Waals surface area contributed by atoms with Crippen LogP contribution in [-0.2, 0) is 35.3 Å². The van der Waals surface area contributed by atoms with Crippen molar-refractivity contribution in [2.75, 3.05) is 30.0 Å². The number of fused-ring (bicyclic) bond motifs is 1. The Bertz CT molecular complexity index is 1450. The Morgan fingerprint density at radius 2 is 1.86 bits per heavy atom. The molecule has 1 unspecified atom stereocenters. The number of urea groups is 1. The lowest BCUT2D eigenvalue weighted by Gasteiger charge is -2.43. The van der Waals surface area contributed by atoms with Gasteiger partial charge in [0.15, 0.2) is 11.2 Å². The van der Waals surface area contributed by atoms with Gasteiger partial charge in [0.25, 0.3) is 0 Å². The van der Waals surface area contributed by atoms with Crippen LogP contribution < -0.4 is 9.80 Å². The molecule has 2 aromatic carbocycles. The van der Waals surface area contributed by atoms with Crippen molar-refractivity contribution in [3.05, 3.63) is 76.7 Å². The van der Waals surface area contributed by atoms with Crippen molar-refractivity contribution in [2.45, 2.75) is 57.0 Å². The fraction of sp³-hybridized carbons (Fsp3) is 0.414. The Morgan fingerprint density at radius 3 is 2.52 bits per heavy atom. The number of esters is 1. The molecule has 5 rings (SSSR count). The molecule has 1 saturated heterocycles. The Labute approximate surface area is 245 Å². The van der Waals surface area contributed by atoms with Crippen LogP contribution in [0.3, 0.4) is 0 Å². The van der Waals surface area contributed by atoms with Gasteiger partial charge in [0.05, 0.1) is 38.0 Å². The Hall–Kier alpha value is -3.80. The lowest BCUT2D eigenvalue weighted by molar-refractivity contribution is -0.140. The molecule has 3 heterocycles. The van der Waals surface area contributed by atoms with Crippen LogP contribution in [0.1, 0.15) is 35.1 Å². The number of aryl methyl sites for hydroxylation is 1. The summed E-state index contributed by atoms with van der Waals surface area (Å²) in [6, 6.07) is 9.34. The molecule has 1 atom stereocenters. The van der Waals surface area contributed by atoms with Gasteiger partial charge in [-0.25, -0.2) is 9.18 Å². The first kappa shape index (κ1) is 29.7. The van der Waals surface area contributed by atoms with Gasteiger partial charge in [0.1, 0.15) is 5.82 Å². The number of halogens is 5. The van der Waals surface area contributed by atoms with Crippen LogP contribution in [0.15, 0.2) is 48.7 Å². The highest BCUT2D eigenvalue weighted by molar-refractivity contribution is 6.29. The lowest BCUT2D eigenvalue weighted by Crippen LogP contribution is -2.54. The average Bonchev–Trinajstić information content (AvgIpc) is 3.36. The van der Waals surface area contributed by atoms with E-state index in [0.717, 1.165) is 11.6 Å². The number of nitrogens with zero attached hydrogens (tertiary/aromatic N) is 5. The summed E-state index contributed by atoms with van der Waals surface area (Å²) in [5, 5.41) is 3.40. The van der Waals surface area contributed by atoms with Crippen molar-refractivity contribution in [1.29, 1.82) is 0 Å². The number of hydrogen-bond donors (Lipinski definition) is 0. The zero-order valence-electron chi connectivity index (χ0n) is 23.1. The van der Waals surface area contributed by atoms with Crippen molar-refractivity contribution in [3.8, 4) is 0 Å². The zero-order valence-corrected chi connectivity index (χ0v) is 23.8. The molecule has 42 heavy (non-hydrogen) atoms. The first-order valence-corrected chi connectivity index (χ1v) is 13.9. The van der Waals surface area contributed by atoms with Crippen LogP contribution in [0.25, 0.3) is 0 Å². The van der Waals surface area contributed by atoms with E-state index < -0.39 is 29.1 Å². The number of piperidine rings is 1. The number of rotatable bonds is 7. The molecular formula is C29H30ClF4N5O3. The molecule has 0 spiro atoms. The Kier molecular flexibility index (Phi) is 8.36. The molecule has 0 aliphatic carbocycles. The van der Waals surface area contributed by atoms with Crippen LogP contribution in [0.2, 0.25) is 0 Å². The van der Waals surface area contributed by atoms with Crippen LogP contribution in [0.5, 0.6) is 0 Å². The first-order chi connectivity index (χ1) is 20.0.